The molecule has 6 heteroatoms. The van der Waals surface area contributed by atoms with Gasteiger partial charge in [-0.05, 0) is 42.3 Å². The molecule has 1 aliphatic heterocycles. The number of rotatable bonds is 4. The number of halogens is 1. The van der Waals surface area contributed by atoms with Gasteiger partial charge < -0.3 is 19.1 Å². The average Bonchev–Trinajstić information content (AvgIpc) is 3.02. The van der Waals surface area contributed by atoms with Crippen LogP contribution < -0.4 is 19.1 Å². The molecule has 2 aromatic carbocycles. The van der Waals surface area contributed by atoms with E-state index in [-0.39, 0.29) is 5.91 Å². The molecule has 0 saturated heterocycles. The van der Waals surface area contributed by atoms with E-state index in [4.69, 9.17) is 14.2 Å². The van der Waals surface area contributed by atoms with E-state index in [1.54, 1.807) is 24.1 Å². The molecule has 2 aromatic rings. The molecule has 0 atom stereocenters. The second-order valence-corrected chi connectivity index (χ2v) is 6.28. The van der Waals surface area contributed by atoms with Gasteiger partial charge >= 0.3 is 0 Å². The summed E-state index contributed by atoms with van der Waals surface area (Å²) >= 11 is 3.47. The fourth-order valence-electron chi connectivity index (χ4n) is 3.00. The van der Waals surface area contributed by atoms with E-state index in [0.717, 1.165) is 22.1 Å². The molecule has 0 saturated carbocycles. The Morgan fingerprint density at radius 1 is 1.04 bits per heavy atom. The molecular formula is C18H18BrNO4. The van der Waals surface area contributed by atoms with Crippen molar-refractivity contribution in [3.63, 3.8) is 0 Å². The molecule has 0 aromatic heterocycles. The van der Waals surface area contributed by atoms with Gasteiger partial charge in [-0.15, -0.1) is 0 Å². The van der Waals surface area contributed by atoms with E-state index in [1.807, 2.05) is 12.1 Å². The quantitative estimate of drug-likeness (QED) is 0.797. The summed E-state index contributed by atoms with van der Waals surface area (Å²) in [4.78, 5) is 14.8. The minimum atomic E-state index is -0.117. The van der Waals surface area contributed by atoms with Crippen LogP contribution >= 0.6 is 15.9 Å². The highest BCUT2D eigenvalue weighted by atomic mass is 79.9. The molecule has 1 amide bonds. The average molecular weight is 392 g/mol. The molecule has 1 aliphatic rings. The van der Waals surface area contributed by atoms with Crippen LogP contribution in [0, 0.1) is 0 Å². The van der Waals surface area contributed by atoms with Crippen LogP contribution in [0.2, 0.25) is 0 Å². The van der Waals surface area contributed by atoms with Crippen molar-refractivity contribution in [1.82, 2.24) is 0 Å². The van der Waals surface area contributed by atoms with Crippen molar-refractivity contribution in [3.05, 3.63) is 45.9 Å². The predicted octanol–water partition coefficient (Wildman–Crippen LogP) is 3.68. The van der Waals surface area contributed by atoms with E-state index in [2.05, 4.69) is 22.0 Å². The number of fused-ring (bicyclic) bond motifs is 1. The summed E-state index contributed by atoms with van der Waals surface area (Å²) in [6, 6.07) is 9.37. The number of benzene rings is 2. The third-order valence-electron chi connectivity index (χ3n) is 4.12. The second-order valence-electron chi connectivity index (χ2n) is 5.36. The highest BCUT2D eigenvalue weighted by Gasteiger charge is 2.29. The van der Waals surface area contributed by atoms with E-state index < -0.39 is 0 Å². The van der Waals surface area contributed by atoms with Crippen molar-refractivity contribution in [2.24, 2.45) is 0 Å². The molecule has 24 heavy (non-hydrogen) atoms. The number of amides is 1. The molecular weight excluding hydrogens is 374 g/mol. The molecule has 1 heterocycles. The van der Waals surface area contributed by atoms with Crippen molar-refractivity contribution in [2.45, 2.75) is 6.42 Å². The topological polar surface area (TPSA) is 48.0 Å². The number of anilines is 1. The molecule has 5 nitrogen and oxygen atoms in total. The first-order chi connectivity index (χ1) is 11.6. The van der Waals surface area contributed by atoms with Crippen LogP contribution in [0.5, 0.6) is 17.2 Å². The Labute approximate surface area is 149 Å². The Morgan fingerprint density at radius 3 is 2.46 bits per heavy atom. The van der Waals surface area contributed by atoms with Crippen LogP contribution in [-0.4, -0.2) is 33.8 Å². The van der Waals surface area contributed by atoms with E-state index in [0.29, 0.717) is 29.4 Å². The second kappa shape index (κ2) is 6.73. The predicted molar refractivity (Wildman–Crippen MR) is 95.6 cm³/mol. The summed E-state index contributed by atoms with van der Waals surface area (Å²) in [5.74, 6) is 1.21. The Morgan fingerprint density at radius 2 is 1.79 bits per heavy atom. The van der Waals surface area contributed by atoms with Gasteiger partial charge in [-0.3, -0.25) is 4.79 Å². The Kier molecular flexibility index (Phi) is 4.66. The van der Waals surface area contributed by atoms with Gasteiger partial charge in [0, 0.05) is 16.7 Å². The maximum atomic E-state index is 13.1. The van der Waals surface area contributed by atoms with Crippen molar-refractivity contribution in [2.75, 3.05) is 32.8 Å². The summed E-state index contributed by atoms with van der Waals surface area (Å²) in [5.41, 5.74) is 2.53. The van der Waals surface area contributed by atoms with E-state index in [1.165, 1.54) is 14.2 Å². The number of ether oxygens (including phenoxy) is 3. The smallest absolute Gasteiger partial charge is 0.262 e. The standard InChI is InChI=1S/C18H18BrNO4/c1-22-15-7-5-13(16(23-2)17(15)24-3)18(21)20-9-8-11-10-12(19)4-6-14(11)20/h4-7,10H,8-9H2,1-3H3. The Hall–Kier alpha value is -2.21. The number of carbonyl (C=O) groups is 1. The summed E-state index contributed by atoms with van der Waals surface area (Å²) in [5, 5.41) is 0. The zero-order valence-electron chi connectivity index (χ0n) is 13.8. The lowest BCUT2D eigenvalue weighted by Crippen LogP contribution is -2.29. The summed E-state index contributed by atoms with van der Waals surface area (Å²) in [6.07, 6.45) is 0.829. The maximum absolute atomic E-state index is 13.1. The van der Waals surface area contributed by atoms with E-state index >= 15 is 0 Å². The van der Waals surface area contributed by atoms with Gasteiger partial charge in [-0.1, -0.05) is 15.9 Å². The first kappa shape index (κ1) is 16.6. The van der Waals surface area contributed by atoms with Gasteiger partial charge in [0.25, 0.3) is 5.91 Å². The van der Waals surface area contributed by atoms with Crippen molar-refractivity contribution in [1.29, 1.82) is 0 Å². The Bertz CT molecular complexity index is 791. The highest BCUT2D eigenvalue weighted by molar-refractivity contribution is 9.10. The monoisotopic (exact) mass is 391 g/mol. The number of carbonyl (C=O) groups excluding carboxylic acids is 1. The van der Waals surface area contributed by atoms with Crippen LogP contribution in [0.1, 0.15) is 15.9 Å². The van der Waals surface area contributed by atoms with Gasteiger partial charge in [0.1, 0.15) is 0 Å². The molecule has 0 unspecified atom stereocenters. The van der Waals surface area contributed by atoms with Crippen molar-refractivity contribution in [3.8, 4) is 17.2 Å². The van der Waals surface area contributed by atoms with Crippen LogP contribution in [0.15, 0.2) is 34.8 Å². The molecule has 0 fully saturated rings. The van der Waals surface area contributed by atoms with Gasteiger partial charge in [-0.2, -0.15) is 0 Å². The Balaban J connectivity index is 2.03. The molecule has 0 radical (unpaired) electrons. The fraction of sp³-hybridized carbons (Fsp3) is 0.278. The van der Waals surface area contributed by atoms with Crippen LogP contribution in [0.25, 0.3) is 0 Å². The lowest BCUT2D eigenvalue weighted by atomic mass is 10.1. The van der Waals surface area contributed by atoms with Gasteiger partial charge in [-0.25, -0.2) is 0 Å². The maximum Gasteiger partial charge on any atom is 0.262 e. The minimum Gasteiger partial charge on any atom is -0.493 e. The van der Waals surface area contributed by atoms with Crippen LogP contribution in [0.4, 0.5) is 5.69 Å². The molecule has 0 spiro atoms. The molecule has 0 aliphatic carbocycles. The number of nitrogens with zero attached hydrogens (tertiary/aromatic N) is 1. The van der Waals surface area contributed by atoms with Gasteiger partial charge in [0.05, 0.1) is 26.9 Å². The lowest BCUT2D eigenvalue weighted by Gasteiger charge is -2.21. The SMILES string of the molecule is COc1ccc(C(=O)N2CCc3cc(Br)ccc32)c(OC)c1OC. The first-order valence-electron chi connectivity index (χ1n) is 7.50. The molecule has 0 N–H and O–H groups in total. The third kappa shape index (κ3) is 2.71. The van der Waals surface area contributed by atoms with Gasteiger partial charge in [0.2, 0.25) is 5.75 Å². The molecule has 126 valence electrons. The van der Waals surface area contributed by atoms with Crippen LogP contribution in [0.3, 0.4) is 0 Å². The van der Waals surface area contributed by atoms with Crippen molar-refractivity contribution >= 4 is 27.5 Å². The summed E-state index contributed by atoms with van der Waals surface area (Å²) in [7, 11) is 4.59. The van der Waals surface area contributed by atoms with Crippen LogP contribution in [-0.2, 0) is 6.42 Å². The lowest BCUT2D eigenvalue weighted by molar-refractivity contribution is 0.0985. The number of hydrogen-bond donors (Lipinski definition) is 0. The summed E-state index contributed by atoms with van der Waals surface area (Å²) < 4.78 is 17.1. The number of methoxy groups -OCH3 is 3. The fourth-order valence-corrected chi connectivity index (χ4v) is 3.40. The molecule has 0 bridgehead atoms. The normalized spacial score (nSPS) is 12.8. The van der Waals surface area contributed by atoms with E-state index in [9.17, 15) is 4.79 Å². The third-order valence-corrected chi connectivity index (χ3v) is 4.61. The highest BCUT2D eigenvalue weighted by Crippen LogP contribution is 2.41. The summed E-state index contributed by atoms with van der Waals surface area (Å²) in [6.45, 7) is 0.641. The largest absolute Gasteiger partial charge is 0.493 e. The van der Waals surface area contributed by atoms with Gasteiger partial charge in [0.15, 0.2) is 11.5 Å². The van der Waals surface area contributed by atoms with Crippen molar-refractivity contribution < 1.29 is 19.0 Å². The molecule has 3 rings (SSSR count). The number of hydrogen-bond acceptors (Lipinski definition) is 4. The zero-order valence-corrected chi connectivity index (χ0v) is 15.3. The zero-order chi connectivity index (χ0) is 17.3. The first-order valence-corrected chi connectivity index (χ1v) is 8.29. The minimum absolute atomic E-state index is 0.117.